The molecule has 0 aliphatic carbocycles. The molecule has 38 heavy (non-hydrogen) atoms. The molecule has 0 saturated carbocycles. The molecule has 1 aliphatic rings. The first-order valence-electron chi connectivity index (χ1n) is 13.7. The third kappa shape index (κ3) is 8.86. The van der Waals surface area contributed by atoms with Crippen LogP contribution in [0.3, 0.4) is 0 Å². The van der Waals surface area contributed by atoms with Gasteiger partial charge in [0.2, 0.25) is 11.8 Å². The van der Waals surface area contributed by atoms with E-state index >= 15 is 0 Å². The van der Waals surface area contributed by atoms with E-state index < -0.39 is 10.8 Å². The molecule has 1 fully saturated rings. The molecule has 208 valence electrons. The second-order valence-corrected chi connectivity index (χ2v) is 11.6. The van der Waals surface area contributed by atoms with E-state index in [1.165, 1.54) is 6.92 Å². The van der Waals surface area contributed by atoms with E-state index in [1.54, 1.807) is 0 Å². The maximum Gasteiger partial charge on any atom is 0.246 e. The predicted molar refractivity (Wildman–Crippen MR) is 154 cm³/mol. The van der Waals surface area contributed by atoms with Crippen LogP contribution in [0.5, 0.6) is 0 Å². The Bertz CT molecular complexity index is 953. The van der Waals surface area contributed by atoms with Gasteiger partial charge in [-0.25, -0.2) is 4.39 Å². The zero-order valence-corrected chi connectivity index (χ0v) is 23.9. The molecule has 2 unspecified atom stereocenters. The van der Waals surface area contributed by atoms with Gasteiger partial charge in [0.15, 0.2) is 0 Å². The van der Waals surface area contributed by atoms with Crippen LogP contribution in [-0.2, 0) is 19.7 Å². The topological polar surface area (TPSA) is 70.7 Å². The third-order valence-electron chi connectivity index (χ3n) is 7.18. The number of hydrogen-bond acceptors (Lipinski definition) is 4. The van der Waals surface area contributed by atoms with Gasteiger partial charge in [-0.1, -0.05) is 76.3 Å². The van der Waals surface area contributed by atoms with Gasteiger partial charge in [0.05, 0.1) is 12.0 Å². The zero-order chi connectivity index (χ0) is 27.4. The van der Waals surface area contributed by atoms with Gasteiger partial charge in [-0.15, -0.1) is 0 Å². The number of likely N-dealkylation sites (tertiary alicyclic amines) is 1. The minimum atomic E-state index is -1.58. The molecule has 1 aliphatic heterocycles. The average Bonchev–Trinajstić information content (AvgIpc) is 2.92. The monoisotopic (exact) mass is 543 g/mol. The van der Waals surface area contributed by atoms with Gasteiger partial charge in [0.25, 0.3) is 0 Å². The second kappa shape index (κ2) is 14.7. The second-order valence-electron chi connectivity index (χ2n) is 10.4. The van der Waals surface area contributed by atoms with Crippen LogP contribution in [-0.4, -0.2) is 67.6 Å². The van der Waals surface area contributed by atoms with Gasteiger partial charge >= 0.3 is 0 Å². The van der Waals surface area contributed by atoms with Gasteiger partial charge in [0.1, 0.15) is 12.0 Å². The summed E-state index contributed by atoms with van der Waals surface area (Å²) in [5.41, 5.74) is 0.921. The quantitative estimate of drug-likeness (QED) is 0.273. The minimum Gasteiger partial charge on any atom is -0.372 e. The Kier molecular flexibility index (Phi) is 11.7. The van der Waals surface area contributed by atoms with Crippen LogP contribution in [0, 0.1) is 0 Å². The number of piperidine rings is 1. The lowest BCUT2D eigenvalue weighted by Gasteiger charge is -2.35. The molecule has 2 aromatic carbocycles. The number of halogens is 1. The molecule has 0 aromatic heterocycles. The Morgan fingerprint density at radius 1 is 1.03 bits per heavy atom. The fourth-order valence-electron chi connectivity index (χ4n) is 5.17. The maximum atomic E-state index is 14.3. The summed E-state index contributed by atoms with van der Waals surface area (Å²) in [4.78, 5) is 28.2. The fourth-order valence-corrected chi connectivity index (χ4v) is 5.27. The molecule has 0 spiro atoms. The van der Waals surface area contributed by atoms with E-state index in [0.717, 1.165) is 56.4 Å². The molecule has 0 bridgehead atoms. The Hall–Kier alpha value is -2.34. The first-order chi connectivity index (χ1) is 18.2. The molecule has 8 heteroatoms. The van der Waals surface area contributed by atoms with Crippen molar-refractivity contribution in [1.82, 2.24) is 15.5 Å². The summed E-state index contributed by atoms with van der Waals surface area (Å²) >= 11 is 0. The lowest BCUT2D eigenvalue weighted by Crippen LogP contribution is -2.48. The highest BCUT2D eigenvalue weighted by atomic mass is 31.0. The van der Waals surface area contributed by atoms with Crippen LogP contribution in [0.25, 0.3) is 0 Å². The van der Waals surface area contributed by atoms with Crippen molar-refractivity contribution in [2.24, 2.45) is 0 Å². The van der Waals surface area contributed by atoms with Gasteiger partial charge < -0.3 is 20.3 Å². The molecule has 3 rings (SSSR count). The Balaban J connectivity index is 1.64. The number of nitrogens with one attached hydrogen (secondary N) is 2. The van der Waals surface area contributed by atoms with Crippen LogP contribution in [0.15, 0.2) is 60.7 Å². The van der Waals surface area contributed by atoms with E-state index in [4.69, 9.17) is 4.74 Å². The highest BCUT2D eigenvalue weighted by Gasteiger charge is 2.41. The van der Waals surface area contributed by atoms with E-state index in [2.05, 4.69) is 24.8 Å². The van der Waals surface area contributed by atoms with Crippen molar-refractivity contribution in [3.63, 3.8) is 0 Å². The third-order valence-corrected chi connectivity index (χ3v) is 7.39. The van der Waals surface area contributed by atoms with Crippen LogP contribution < -0.4 is 10.6 Å². The van der Waals surface area contributed by atoms with Gasteiger partial charge in [0, 0.05) is 25.7 Å². The van der Waals surface area contributed by atoms with Crippen molar-refractivity contribution < 1.29 is 18.7 Å². The van der Waals surface area contributed by atoms with Crippen molar-refractivity contribution >= 4 is 21.1 Å². The number of rotatable bonds is 14. The molecule has 2 amide bonds. The zero-order valence-electron chi connectivity index (χ0n) is 22.8. The SMILES string of the molecule is CCOCC(=O)NC1CCN(CCCCC(C(=O)NCC(C)(F)P)(c2ccccc2)c2ccccc2)CC1. The van der Waals surface area contributed by atoms with E-state index in [-0.39, 0.29) is 31.0 Å². The number of nitrogens with zero attached hydrogens (tertiary/aromatic N) is 1. The maximum absolute atomic E-state index is 14.3. The highest BCUT2D eigenvalue weighted by Crippen LogP contribution is 2.38. The van der Waals surface area contributed by atoms with Gasteiger partial charge in [-0.3, -0.25) is 9.59 Å². The number of benzene rings is 2. The summed E-state index contributed by atoms with van der Waals surface area (Å²) < 4.78 is 19.5. The molecule has 6 nitrogen and oxygen atoms in total. The summed E-state index contributed by atoms with van der Waals surface area (Å²) in [7, 11) is 2.16. The Morgan fingerprint density at radius 3 is 2.13 bits per heavy atom. The summed E-state index contributed by atoms with van der Waals surface area (Å²) in [6, 6.07) is 19.9. The molecule has 1 saturated heterocycles. The standard InChI is InChI=1S/C30H43FN3O3P/c1-3-37-22-27(35)33-26-16-20-34(21-17-26)19-11-10-18-30(24-12-6-4-7-13-24,25-14-8-5-9-15-25)28(36)32-23-29(2,31)38/h4-9,12-15,26H,3,10-11,16-23,38H2,1-2H3,(H,32,36)(H,33,35). The number of carbonyl (C=O) groups is 2. The molecule has 1 heterocycles. The molecular weight excluding hydrogens is 500 g/mol. The van der Waals surface area contributed by atoms with Crippen molar-refractivity contribution in [2.75, 3.05) is 39.4 Å². The van der Waals surface area contributed by atoms with Crippen LogP contribution in [0.1, 0.15) is 57.1 Å². The smallest absolute Gasteiger partial charge is 0.246 e. The molecule has 2 atom stereocenters. The van der Waals surface area contributed by atoms with Crippen LogP contribution in [0.4, 0.5) is 4.39 Å². The molecule has 0 radical (unpaired) electrons. The normalized spacial score (nSPS) is 16.5. The minimum absolute atomic E-state index is 0.0449. The number of hydrogen-bond donors (Lipinski definition) is 2. The van der Waals surface area contributed by atoms with Gasteiger partial charge in [-0.05, 0) is 57.2 Å². The first kappa shape index (κ1) is 30.2. The number of unbranched alkanes of at least 4 members (excludes halogenated alkanes) is 1. The number of amides is 2. The largest absolute Gasteiger partial charge is 0.372 e. The summed E-state index contributed by atoms with van der Waals surface area (Å²) in [5.74, 6) is -0.221. The lowest BCUT2D eigenvalue weighted by atomic mass is 9.70. The lowest BCUT2D eigenvalue weighted by molar-refractivity contribution is -0.127. The molecule has 2 aromatic rings. The Labute approximate surface area is 229 Å². The van der Waals surface area contributed by atoms with Crippen LogP contribution >= 0.6 is 9.24 Å². The van der Waals surface area contributed by atoms with E-state index in [1.807, 2.05) is 67.6 Å². The fraction of sp³-hybridized carbons (Fsp3) is 0.533. The van der Waals surface area contributed by atoms with E-state index in [0.29, 0.717) is 13.0 Å². The number of carbonyl (C=O) groups excluding carboxylic acids is 2. The highest BCUT2D eigenvalue weighted by molar-refractivity contribution is 7.18. The molecular formula is C30H43FN3O3P. The van der Waals surface area contributed by atoms with Crippen molar-refractivity contribution in [1.29, 1.82) is 0 Å². The van der Waals surface area contributed by atoms with Crippen LogP contribution in [0.2, 0.25) is 0 Å². The summed E-state index contributed by atoms with van der Waals surface area (Å²) in [5, 5.41) is 4.38. The number of alkyl halides is 1. The molecule has 2 N–H and O–H groups in total. The van der Waals surface area contributed by atoms with Crippen molar-refractivity contribution in [3.05, 3.63) is 71.8 Å². The van der Waals surface area contributed by atoms with Crippen molar-refractivity contribution in [2.45, 2.75) is 62.8 Å². The Morgan fingerprint density at radius 2 is 1.61 bits per heavy atom. The van der Waals surface area contributed by atoms with Crippen molar-refractivity contribution in [3.8, 4) is 0 Å². The van der Waals surface area contributed by atoms with E-state index in [9.17, 15) is 14.0 Å². The first-order valence-corrected chi connectivity index (χ1v) is 14.3. The van der Waals surface area contributed by atoms with Gasteiger partial charge in [-0.2, -0.15) is 0 Å². The summed E-state index contributed by atoms with van der Waals surface area (Å²) in [6.07, 6.45) is 4.26. The number of ether oxygens (including phenoxy) is 1. The summed E-state index contributed by atoms with van der Waals surface area (Å²) in [6.45, 7) is 6.72. The predicted octanol–water partition coefficient (Wildman–Crippen LogP) is 4.44. The average molecular weight is 544 g/mol.